The Hall–Kier alpha value is -2.37. The number of anilines is 1. The van der Waals surface area contributed by atoms with E-state index in [1.165, 1.54) is 13.2 Å². The summed E-state index contributed by atoms with van der Waals surface area (Å²) in [6.45, 7) is 4.80. The van der Waals surface area contributed by atoms with Gasteiger partial charge in [-0.3, -0.25) is 9.59 Å². The Balaban J connectivity index is 2.71. The zero-order valence-corrected chi connectivity index (χ0v) is 12.6. The molecule has 1 amide bonds. The number of methoxy groups -OCH3 is 1. The van der Waals surface area contributed by atoms with Crippen molar-refractivity contribution in [2.45, 2.75) is 20.8 Å². The number of carbonyl (C=O) groups is 3. The van der Waals surface area contributed by atoms with Crippen molar-refractivity contribution in [1.82, 2.24) is 0 Å². The van der Waals surface area contributed by atoms with Gasteiger partial charge in [0.05, 0.1) is 18.6 Å². The van der Waals surface area contributed by atoms with E-state index in [0.717, 1.165) is 5.56 Å². The number of benzene rings is 1. The summed E-state index contributed by atoms with van der Waals surface area (Å²) >= 11 is 0. The number of hydrogen-bond donors (Lipinski definition) is 1. The smallest absolute Gasteiger partial charge is 0.337 e. The number of ether oxygens (including phenoxy) is 2. The summed E-state index contributed by atoms with van der Waals surface area (Å²) in [4.78, 5) is 34.5. The molecule has 0 bridgehead atoms. The highest BCUT2D eigenvalue weighted by molar-refractivity contribution is 5.96. The molecule has 0 fully saturated rings. The van der Waals surface area contributed by atoms with Crippen LogP contribution in [-0.4, -0.2) is 31.6 Å². The Kier molecular flexibility index (Phi) is 5.90. The second-order valence-electron chi connectivity index (χ2n) is 4.83. The molecular weight excluding hydrogens is 274 g/mol. The Morgan fingerprint density at radius 1 is 1.24 bits per heavy atom. The van der Waals surface area contributed by atoms with Gasteiger partial charge < -0.3 is 14.8 Å². The lowest BCUT2D eigenvalue weighted by Crippen LogP contribution is -2.23. The van der Waals surface area contributed by atoms with Crippen LogP contribution in [0.1, 0.15) is 29.8 Å². The minimum Gasteiger partial charge on any atom is -0.465 e. The molecule has 1 rings (SSSR count). The van der Waals surface area contributed by atoms with E-state index in [-0.39, 0.29) is 12.5 Å². The molecule has 0 unspecified atom stereocenters. The van der Waals surface area contributed by atoms with Gasteiger partial charge in [-0.2, -0.15) is 0 Å². The monoisotopic (exact) mass is 293 g/mol. The summed E-state index contributed by atoms with van der Waals surface area (Å²) in [6.07, 6.45) is 0. The van der Waals surface area contributed by atoms with Crippen molar-refractivity contribution in [2.75, 3.05) is 19.0 Å². The van der Waals surface area contributed by atoms with Crippen LogP contribution in [0.4, 0.5) is 5.69 Å². The molecule has 114 valence electrons. The first-order chi connectivity index (χ1) is 9.85. The van der Waals surface area contributed by atoms with Gasteiger partial charge >= 0.3 is 11.9 Å². The van der Waals surface area contributed by atoms with Gasteiger partial charge in [0.25, 0.3) is 5.91 Å². The van der Waals surface area contributed by atoms with Crippen LogP contribution in [0.3, 0.4) is 0 Å². The van der Waals surface area contributed by atoms with Crippen molar-refractivity contribution in [3.8, 4) is 0 Å². The zero-order chi connectivity index (χ0) is 16.0. The highest BCUT2D eigenvalue weighted by atomic mass is 16.5. The van der Waals surface area contributed by atoms with Crippen LogP contribution >= 0.6 is 0 Å². The molecule has 21 heavy (non-hydrogen) atoms. The van der Waals surface area contributed by atoms with Crippen molar-refractivity contribution in [1.29, 1.82) is 0 Å². The lowest BCUT2D eigenvalue weighted by Gasteiger charge is -2.11. The maximum atomic E-state index is 11.7. The summed E-state index contributed by atoms with van der Waals surface area (Å²) in [5.41, 5.74) is 1.59. The summed E-state index contributed by atoms with van der Waals surface area (Å²) < 4.78 is 9.45. The van der Waals surface area contributed by atoms with Gasteiger partial charge in [-0.25, -0.2) is 4.79 Å². The number of nitrogens with one attached hydrogen (secondary N) is 1. The topological polar surface area (TPSA) is 81.7 Å². The van der Waals surface area contributed by atoms with E-state index in [1.807, 2.05) is 0 Å². The van der Waals surface area contributed by atoms with Crippen LogP contribution in [0.25, 0.3) is 0 Å². The third-order valence-corrected chi connectivity index (χ3v) is 2.75. The van der Waals surface area contributed by atoms with E-state index in [2.05, 4.69) is 10.1 Å². The number of aryl methyl sites for hydroxylation is 1. The normalized spacial score (nSPS) is 10.1. The van der Waals surface area contributed by atoms with Crippen molar-refractivity contribution in [2.24, 2.45) is 5.92 Å². The average Bonchev–Trinajstić information content (AvgIpc) is 2.46. The van der Waals surface area contributed by atoms with Gasteiger partial charge in [-0.15, -0.1) is 0 Å². The third kappa shape index (κ3) is 4.91. The summed E-state index contributed by atoms with van der Waals surface area (Å²) in [5, 5.41) is 2.60. The quantitative estimate of drug-likeness (QED) is 0.839. The Labute approximate surface area is 123 Å². The lowest BCUT2D eigenvalue weighted by molar-refractivity contribution is -0.150. The molecule has 0 heterocycles. The molecule has 0 aliphatic carbocycles. The predicted molar refractivity (Wildman–Crippen MR) is 76.9 cm³/mol. The van der Waals surface area contributed by atoms with Gasteiger partial charge in [0, 0.05) is 5.69 Å². The molecule has 0 saturated carbocycles. The van der Waals surface area contributed by atoms with Crippen LogP contribution in [0, 0.1) is 12.8 Å². The first-order valence-electron chi connectivity index (χ1n) is 6.50. The molecule has 6 nitrogen and oxygen atoms in total. The minimum absolute atomic E-state index is 0.290. The Bertz CT molecular complexity index is 551. The van der Waals surface area contributed by atoms with E-state index < -0.39 is 17.8 Å². The van der Waals surface area contributed by atoms with Crippen LogP contribution in [0.2, 0.25) is 0 Å². The highest BCUT2D eigenvalue weighted by Gasteiger charge is 2.13. The van der Waals surface area contributed by atoms with Crippen LogP contribution < -0.4 is 5.32 Å². The van der Waals surface area contributed by atoms with E-state index in [9.17, 15) is 14.4 Å². The SMILES string of the molecule is COC(=O)c1ccc(C)c(NC(=O)COC(=O)C(C)C)c1. The summed E-state index contributed by atoms with van der Waals surface area (Å²) in [6, 6.07) is 4.82. The van der Waals surface area contributed by atoms with Gasteiger partial charge in [0.2, 0.25) is 0 Å². The first kappa shape index (κ1) is 16.7. The standard InChI is InChI=1S/C15H19NO5/c1-9(2)14(18)21-8-13(17)16-12-7-11(15(19)20-4)6-5-10(12)3/h5-7,9H,8H2,1-4H3,(H,16,17). The second kappa shape index (κ2) is 7.42. The van der Waals surface area contributed by atoms with E-state index in [4.69, 9.17) is 4.74 Å². The summed E-state index contributed by atoms with van der Waals surface area (Å²) in [5.74, 6) is -1.68. The maximum absolute atomic E-state index is 11.7. The zero-order valence-electron chi connectivity index (χ0n) is 12.6. The van der Waals surface area contributed by atoms with Gasteiger partial charge in [0.15, 0.2) is 6.61 Å². The maximum Gasteiger partial charge on any atom is 0.337 e. The van der Waals surface area contributed by atoms with Crippen molar-refractivity contribution in [3.05, 3.63) is 29.3 Å². The molecule has 0 atom stereocenters. The molecule has 0 aromatic heterocycles. The first-order valence-corrected chi connectivity index (χ1v) is 6.50. The Morgan fingerprint density at radius 3 is 2.48 bits per heavy atom. The number of amides is 1. The Morgan fingerprint density at radius 2 is 1.90 bits per heavy atom. The molecule has 1 N–H and O–H groups in total. The van der Waals surface area contributed by atoms with Crippen molar-refractivity contribution in [3.63, 3.8) is 0 Å². The summed E-state index contributed by atoms with van der Waals surface area (Å²) in [7, 11) is 1.28. The third-order valence-electron chi connectivity index (χ3n) is 2.75. The largest absolute Gasteiger partial charge is 0.465 e. The molecule has 0 spiro atoms. The van der Waals surface area contributed by atoms with Gasteiger partial charge in [-0.05, 0) is 24.6 Å². The van der Waals surface area contributed by atoms with Crippen LogP contribution in [0.15, 0.2) is 18.2 Å². The van der Waals surface area contributed by atoms with E-state index in [1.54, 1.807) is 32.9 Å². The number of rotatable bonds is 5. The number of carbonyl (C=O) groups excluding carboxylic acids is 3. The predicted octanol–water partition coefficient (Wildman–Crippen LogP) is 1.92. The highest BCUT2D eigenvalue weighted by Crippen LogP contribution is 2.17. The van der Waals surface area contributed by atoms with Crippen molar-refractivity contribution >= 4 is 23.5 Å². The van der Waals surface area contributed by atoms with Crippen molar-refractivity contribution < 1.29 is 23.9 Å². The number of hydrogen-bond acceptors (Lipinski definition) is 5. The fourth-order valence-electron chi connectivity index (χ4n) is 1.49. The fraction of sp³-hybridized carbons (Fsp3) is 0.400. The molecule has 1 aromatic rings. The fourth-order valence-corrected chi connectivity index (χ4v) is 1.49. The molecular formula is C15H19NO5. The molecule has 1 aromatic carbocycles. The van der Waals surface area contributed by atoms with E-state index in [0.29, 0.717) is 11.3 Å². The molecule has 0 aliphatic rings. The molecule has 0 saturated heterocycles. The van der Waals surface area contributed by atoms with Gasteiger partial charge in [0.1, 0.15) is 0 Å². The van der Waals surface area contributed by atoms with Gasteiger partial charge in [-0.1, -0.05) is 19.9 Å². The van der Waals surface area contributed by atoms with E-state index >= 15 is 0 Å². The number of esters is 2. The minimum atomic E-state index is -0.489. The molecule has 6 heteroatoms. The average molecular weight is 293 g/mol. The van der Waals surface area contributed by atoms with Crippen LogP contribution in [-0.2, 0) is 19.1 Å². The van der Waals surface area contributed by atoms with Crippen LogP contribution in [0.5, 0.6) is 0 Å². The molecule has 0 aliphatic heterocycles. The second-order valence-corrected chi connectivity index (χ2v) is 4.83. The lowest BCUT2D eigenvalue weighted by atomic mass is 10.1. The molecule has 0 radical (unpaired) electrons.